The van der Waals surface area contributed by atoms with E-state index in [0.29, 0.717) is 34.6 Å². The van der Waals surface area contributed by atoms with E-state index in [1.165, 1.54) is 4.57 Å². The van der Waals surface area contributed by atoms with Crippen molar-refractivity contribution in [3.8, 4) is 5.69 Å². The Bertz CT molecular complexity index is 1480. The molecular weight excluding hydrogens is 426 g/mol. The minimum atomic E-state index is -0.397. The van der Waals surface area contributed by atoms with E-state index in [1.54, 1.807) is 41.0 Å². The van der Waals surface area contributed by atoms with Gasteiger partial charge in [-0.15, -0.1) is 0 Å². The zero-order valence-electron chi connectivity index (χ0n) is 20.0. The molecule has 0 atom stereocenters. The molecule has 4 rings (SSSR count). The molecule has 4 aromatic rings. The lowest BCUT2D eigenvalue weighted by atomic mass is 10.1. The normalized spacial score (nSPS) is 11.2. The highest BCUT2D eigenvalue weighted by molar-refractivity contribution is 5.94. The number of aryl methyl sites for hydroxylation is 2. The number of aromatic nitrogens is 2. The van der Waals surface area contributed by atoms with Crippen molar-refractivity contribution in [2.24, 2.45) is 5.92 Å². The summed E-state index contributed by atoms with van der Waals surface area (Å²) in [5.41, 5.74) is 3.93. The molecule has 0 radical (unpaired) electrons. The summed E-state index contributed by atoms with van der Waals surface area (Å²) in [6.07, 6.45) is 0. The first-order chi connectivity index (χ1) is 16.3. The van der Waals surface area contributed by atoms with E-state index in [0.717, 1.165) is 16.7 Å². The smallest absolute Gasteiger partial charge is 0.336 e. The maximum atomic E-state index is 13.6. The third-order valence-electron chi connectivity index (χ3n) is 6.03. The number of amides is 1. The van der Waals surface area contributed by atoms with Crippen molar-refractivity contribution in [1.82, 2.24) is 14.5 Å². The summed E-state index contributed by atoms with van der Waals surface area (Å²) in [4.78, 5) is 39.2. The van der Waals surface area contributed by atoms with Crippen LogP contribution in [0.5, 0.6) is 0 Å². The van der Waals surface area contributed by atoms with Crippen molar-refractivity contribution in [3.05, 3.63) is 110 Å². The Morgan fingerprint density at radius 3 is 2.29 bits per heavy atom. The first-order valence-corrected chi connectivity index (χ1v) is 11.5. The molecule has 0 saturated carbocycles. The maximum absolute atomic E-state index is 13.6. The average molecular weight is 456 g/mol. The molecule has 1 N–H and O–H groups in total. The highest BCUT2D eigenvalue weighted by atomic mass is 16.2. The van der Waals surface area contributed by atoms with Gasteiger partial charge in [-0.3, -0.25) is 14.2 Å². The van der Waals surface area contributed by atoms with Gasteiger partial charge in [0.05, 0.1) is 23.1 Å². The third-order valence-corrected chi connectivity index (χ3v) is 6.03. The van der Waals surface area contributed by atoms with Crippen LogP contribution in [0.2, 0.25) is 0 Å². The van der Waals surface area contributed by atoms with Crippen LogP contribution in [-0.4, -0.2) is 21.6 Å². The van der Waals surface area contributed by atoms with Crippen LogP contribution in [-0.2, 0) is 6.54 Å². The molecular formula is C28H29N3O3. The molecule has 0 spiro atoms. The first-order valence-electron chi connectivity index (χ1n) is 11.5. The van der Waals surface area contributed by atoms with E-state index >= 15 is 0 Å². The summed E-state index contributed by atoms with van der Waals surface area (Å²) in [7, 11) is 0. The van der Waals surface area contributed by atoms with Crippen molar-refractivity contribution in [2.45, 2.75) is 34.2 Å². The fraction of sp³-hybridized carbons (Fsp3) is 0.250. The van der Waals surface area contributed by atoms with E-state index < -0.39 is 5.69 Å². The summed E-state index contributed by atoms with van der Waals surface area (Å²) in [6, 6.07) is 19.9. The van der Waals surface area contributed by atoms with Gasteiger partial charge in [0.25, 0.3) is 11.5 Å². The second kappa shape index (κ2) is 9.51. The molecule has 0 aliphatic carbocycles. The number of hydrogen-bond donors (Lipinski definition) is 1. The molecule has 0 aliphatic rings. The predicted molar refractivity (Wildman–Crippen MR) is 136 cm³/mol. The molecule has 1 aromatic heterocycles. The van der Waals surface area contributed by atoms with Crippen molar-refractivity contribution in [1.29, 1.82) is 0 Å². The number of benzene rings is 3. The highest BCUT2D eigenvalue weighted by Crippen LogP contribution is 2.15. The standard InChI is InChI=1S/C28H29N3O3/c1-18(2)16-29-26(32)22-12-10-21(11-13-22)17-30-25-8-6-5-7-24(25)27(33)31(28(30)34)23-14-9-19(3)20(4)15-23/h5-15,18H,16-17H2,1-4H3,(H,29,32). The lowest BCUT2D eigenvalue weighted by molar-refractivity contribution is 0.0949. The average Bonchev–Trinajstić information content (AvgIpc) is 2.83. The van der Waals surface area contributed by atoms with Crippen molar-refractivity contribution >= 4 is 16.8 Å². The molecule has 0 aliphatic heterocycles. The zero-order chi connectivity index (χ0) is 24.4. The monoisotopic (exact) mass is 455 g/mol. The first kappa shape index (κ1) is 23.2. The van der Waals surface area contributed by atoms with Crippen LogP contribution in [0.4, 0.5) is 0 Å². The van der Waals surface area contributed by atoms with E-state index in [9.17, 15) is 14.4 Å². The quantitative estimate of drug-likeness (QED) is 0.474. The van der Waals surface area contributed by atoms with Gasteiger partial charge in [-0.25, -0.2) is 9.36 Å². The van der Waals surface area contributed by atoms with Gasteiger partial charge in [0, 0.05) is 12.1 Å². The van der Waals surface area contributed by atoms with E-state index in [-0.39, 0.29) is 18.0 Å². The number of nitrogens with zero attached hydrogens (tertiary/aromatic N) is 2. The molecule has 6 heteroatoms. The largest absolute Gasteiger partial charge is 0.352 e. The highest BCUT2D eigenvalue weighted by Gasteiger charge is 2.15. The van der Waals surface area contributed by atoms with Crippen LogP contribution in [0, 0.1) is 19.8 Å². The van der Waals surface area contributed by atoms with Crippen LogP contribution in [0.15, 0.2) is 76.3 Å². The topological polar surface area (TPSA) is 73.1 Å². The predicted octanol–water partition coefficient (Wildman–Crippen LogP) is 4.20. The number of nitrogens with one attached hydrogen (secondary N) is 1. The van der Waals surface area contributed by atoms with Crippen LogP contribution in [0.25, 0.3) is 16.6 Å². The van der Waals surface area contributed by atoms with Gasteiger partial charge in [0.2, 0.25) is 0 Å². The molecule has 0 unspecified atom stereocenters. The van der Waals surface area contributed by atoms with Crippen LogP contribution >= 0.6 is 0 Å². The van der Waals surface area contributed by atoms with E-state index in [2.05, 4.69) is 5.32 Å². The summed E-state index contributed by atoms with van der Waals surface area (Å²) in [5, 5.41) is 3.39. The third kappa shape index (κ3) is 4.57. The minimum Gasteiger partial charge on any atom is -0.352 e. The Kier molecular flexibility index (Phi) is 6.50. The van der Waals surface area contributed by atoms with Crippen molar-refractivity contribution < 1.29 is 4.79 Å². The molecule has 3 aromatic carbocycles. The van der Waals surface area contributed by atoms with Gasteiger partial charge >= 0.3 is 5.69 Å². The van der Waals surface area contributed by atoms with Gasteiger partial charge in [0.15, 0.2) is 0 Å². The number of fused-ring (bicyclic) bond motifs is 1. The molecule has 1 amide bonds. The number of carbonyl (C=O) groups is 1. The lowest BCUT2D eigenvalue weighted by Gasteiger charge is -2.15. The Morgan fingerprint density at radius 1 is 0.912 bits per heavy atom. The number of rotatable bonds is 6. The molecule has 0 saturated heterocycles. The Labute approximate surface area is 198 Å². The fourth-order valence-corrected chi connectivity index (χ4v) is 3.91. The van der Waals surface area contributed by atoms with E-state index in [4.69, 9.17) is 0 Å². The number of carbonyl (C=O) groups excluding carboxylic acids is 1. The Hall–Kier alpha value is -3.93. The zero-order valence-corrected chi connectivity index (χ0v) is 20.0. The van der Waals surface area contributed by atoms with Crippen LogP contribution in [0.1, 0.15) is 40.9 Å². The lowest BCUT2D eigenvalue weighted by Crippen LogP contribution is -2.39. The van der Waals surface area contributed by atoms with Crippen molar-refractivity contribution in [2.75, 3.05) is 6.54 Å². The summed E-state index contributed by atoms with van der Waals surface area (Å²) < 4.78 is 2.85. The Morgan fingerprint density at radius 2 is 1.62 bits per heavy atom. The summed E-state index contributed by atoms with van der Waals surface area (Å²) in [5.74, 6) is 0.252. The molecule has 0 bridgehead atoms. The molecule has 1 heterocycles. The number of para-hydroxylation sites is 1. The molecule has 0 fully saturated rings. The molecule has 34 heavy (non-hydrogen) atoms. The molecule has 174 valence electrons. The van der Waals surface area contributed by atoms with E-state index in [1.807, 2.05) is 58.0 Å². The summed E-state index contributed by atoms with van der Waals surface area (Å²) >= 11 is 0. The van der Waals surface area contributed by atoms with Crippen LogP contribution < -0.4 is 16.6 Å². The van der Waals surface area contributed by atoms with Gasteiger partial charge in [-0.2, -0.15) is 0 Å². The van der Waals surface area contributed by atoms with Crippen molar-refractivity contribution in [3.63, 3.8) is 0 Å². The second-order valence-corrected chi connectivity index (χ2v) is 9.10. The number of hydrogen-bond acceptors (Lipinski definition) is 3. The van der Waals surface area contributed by atoms with Gasteiger partial charge in [0.1, 0.15) is 0 Å². The SMILES string of the molecule is Cc1ccc(-n2c(=O)c3ccccc3n(Cc3ccc(C(=O)NCC(C)C)cc3)c2=O)cc1C. The van der Waals surface area contributed by atoms with Crippen LogP contribution in [0.3, 0.4) is 0 Å². The minimum absolute atomic E-state index is 0.119. The van der Waals surface area contributed by atoms with Gasteiger partial charge < -0.3 is 5.32 Å². The van der Waals surface area contributed by atoms with Gasteiger partial charge in [-0.05, 0) is 72.9 Å². The Balaban J connectivity index is 1.77. The maximum Gasteiger partial charge on any atom is 0.336 e. The summed E-state index contributed by atoms with van der Waals surface area (Å²) in [6.45, 7) is 8.93. The second-order valence-electron chi connectivity index (χ2n) is 9.10. The van der Waals surface area contributed by atoms with Gasteiger partial charge in [-0.1, -0.05) is 44.2 Å². The fourth-order valence-electron chi connectivity index (χ4n) is 3.91. The molecule has 6 nitrogen and oxygen atoms in total.